The van der Waals surface area contributed by atoms with E-state index in [1.165, 1.54) is 4.90 Å². The number of carboxylic acid groups (broad SMARTS) is 3. The van der Waals surface area contributed by atoms with Crippen LogP contribution in [0.1, 0.15) is 121 Å². The van der Waals surface area contributed by atoms with Crippen LogP contribution in [0.25, 0.3) is 0 Å². The molecule has 4 amide bonds. The van der Waals surface area contributed by atoms with Gasteiger partial charge in [-0.05, 0) is 86.0 Å². The molecule has 24 heteroatoms. The Bertz CT molecular complexity index is 1510. The molecule has 370 valence electrons. The number of hydrogen-bond donors (Lipinski definition) is 11. The molecule has 0 radical (unpaired) electrons. The number of esters is 1. The van der Waals surface area contributed by atoms with Gasteiger partial charge in [0.25, 0.3) is 17.9 Å². The number of likely N-dealkylation sites (tertiary alicyclic amines) is 1. The second-order valence-corrected chi connectivity index (χ2v) is 16.7. The summed E-state index contributed by atoms with van der Waals surface area (Å²) in [5, 5.41) is 30.5. The number of ether oxygens (including phenoxy) is 2. The van der Waals surface area contributed by atoms with Gasteiger partial charge in [-0.25, -0.2) is 4.79 Å². The molecule has 1 fully saturated rings. The molecule has 6 atom stereocenters. The maximum absolute atomic E-state index is 14.0. The largest absolute Gasteiger partial charge is 0.481 e. The molecule has 64 heavy (non-hydrogen) atoms. The maximum Gasteiger partial charge on any atom is 0.329 e. The van der Waals surface area contributed by atoms with Gasteiger partial charge in [-0.15, -0.1) is 0 Å². The number of nitrogens with one attached hydrogen (secondary N) is 3. The number of rotatable bonds is 20. The van der Waals surface area contributed by atoms with Gasteiger partial charge in [0.15, 0.2) is 11.9 Å². The summed E-state index contributed by atoms with van der Waals surface area (Å²) in [5.74, 6) is -5.91. The van der Waals surface area contributed by atoms with Gasteiger partial charge in [0.2, 0.25) is 23.6 Å². The minimum absolute atomic E-state index is 0.0665. The van der Waals surface area contributed by atoms with Crippen LogP contribution in [0.5, 0.6) is 0 Å². The average molecular weight is 920 g/mol. The zero-order valence-corrected chi connectivity index (χ0v) is 39.4. The Morgan fingerprint density at radius 2 is 1.17 bits per heavy atom. The number of nitrogens with zero attached hydrogens (tertiary/aromatic N) is 3. The minimum atomic E-state index is -1.27. The Morgan fingerprint density at radius 1 is 0.719 bits per heavy atom. The van der Waals surface area contributed by atoms with Crippen molar-refractivity contribution in [2.24, 2.45) is 44.6 Å². The van der Waals surface area contributed by atoms with Gasteiger partial charge in [-0.3, -0.25) is 43.5 Å². The fourth-order valence-corrected chi connectivity index (χ4v) is 5.27. The van der Waals surface area contributed by atoms with E-state index in [4.69, 9.17) is 67.8 Å². The molecule has 0 saturated carbocycles. The van der Waals surface area contributed by atoms with Crippen molar-refractivity contribution in [2.75, 3.05) is 26.2 Å². The molecule has 1 aliphatic rings. The fourth-order valence-electron chi connectivity index (χ4n) is 5.27. The number of carbonyl (C=O) groups is 8. The van der Waals surface area contributed by atoms with Crippen LogP contribution < -0.4 is 44.6 Å². The van der Waals surface area contributed by atoms with Crippen molar-refractivity contribution in [3.8, 4) is 0 Å². The standard InChI is InChI=1S/C34H65N11O7.3C2H4O2/c1-9-20(2)25(44-26(46)21(35)13-10-16-40-31(36)37)28(48)43-23(19-51-33(3,4)5)27(47)42-22(14-11-17-41-32(38)39)29(49)45-18-12-15-24(45)30(50)52-34(6,7)8;3*1-2(3)4/h20-25H,9-19,35H2,1-8H3,(H,42,47)(H,43,48)(H,44,46)(H4,36,37,40)(H4,38,39,41);3*1H3,(H,3,4)/t20-,21-,22-,23-,24-,25-;;;/m0.../s1. The van der Waals surface area contributed by atoms with Gasteiger partial charge < -0.3 is 74.3 Å². The van der Waals surface area contributed by atoms with Gasteiger partial charge in [-0.1, -0.05) is 20.3 Å². The molecule has 24 nitrogen and oxygen atoms in total. The van der Waals surface area contributed by atoms with E-state index < -0.39 is 88.9 Å². The van der Waals surface area contributed by atoms with Crippen molar-refractivity contribution in [2.45, 2.75) is 163 Å². The number of carbonyl (C=O) groups excluding carboxylic acids is 5. The highest BCUT2D eigenvalue weighted by atomic mass is 16.6. The van der Waals surface area contributed by atoms with Crippen molar-refractivity contribution in [3.05, 3.63) is 0 Å². The van der Waals surface area contributed by atoms with E-state index >= 15 is 0 Å². The number of hydrogen-bond acceptors (Lipinski definition) is 13. The lowest BCUT2D eigenvalue weighted by atomic mass is 9.97. The second-order valence-electron chi connectivity index (χ2n) is 16.7. The Kier molecular flexibility index (Phi) is 31.2. The number of carboxylic acids is 3. The highest BCUT2D eigenvalue weighted by molar-refractivity contribution is 5.96. The normalized spacial score (nSPS) is 15.4. The molecule has 1 saturated heterocycles. The third-order valence-corrected chi connectivity index (χ3v) is 8.19. The third kappa shape index (κ3) is 33.8. The lowest BCUT2D eigenvalue weighted by molar-refractivity contribution is -0.163. The van der Waals surface area contributed by atoms with E-state index in [0.29, 0.717) is 45.2 Å². The SMILES string of the molecule is CC(=O)O.CC(=O)O.CC(=O)O.CC[C@H](C)[C@H](NC(=O)[C@@H](N)CCCN=C(N)N)C(=O)N[C@@H](COC(C)(C)C)C(=O)N[C@@H](CCCN=C(N)N)C(=O)N1CCC[C@H]1C(=O)OC(C)(C)C. The molecule has 0 unspecified atom stereocenters. The topological polar surface area (TPSA) is 410 Å². The predicted molar refractivity (Wildman–Crippen MR) is 239 cm³/mol. The summed E-state index contributed by atoms with van der Waals surface area (Å²) in [4.78, 5) is 104. The van der Waals surface area contributed by atoms with Crippen molar-refractivity contribution in [1.82, 2.24) is 20.9 Å². The van der Waals surface area contributed by atoms with Crippen molar-refractivity contribution >= 4 is 59.4 Å². The van der Waals surface area contributed by atoms with Crippen LogP contribution >= 0.6 is 0 Å². The molecule has 0 spiro atoms. The molecule has 1 aliphatic heterocycles. The van der Waals surface area contributed by atoms with Crippen LogP contribution in [-0.2, 0) is 47.8 Å². The predicted octanol–water partition coefficient (Wildman–Crippen LogP) is -0.658. The number of aliphatic carboxylic acids is 3. The van der Waals surface area contributed by atoms with Gasteiger partial charge >= 0.3 is 5.97 Å². The first-order valence-corrected chi connectivity index (χ1v) is 20.8. The summed E-state index contributed by atoms with van der Waals surface area (Å²) in [7, 11) is 0. The number of aliphatic imine (C=N–C) groups is 2. The van der Waals surface area contributed by atoms with Gasteiger partial charge in [0.1, 0.15) is 29.8 Å². The van der Waals surface area contributed by atoms with Crippen molar-refractivity contribution in [3.63, 3.8) is 0 Å². The first-order valence-electron chi connectivity index (χ1n) is 20.8. The molecule has 0 aliphatic carbocycles. The van der Waals surface area contributed by atoms with Crippen LogP contribution in [0.3, 0.4) is 0 Å². The summed E-state index contributed by atoms with van der Waals surface area (Å²) in [6, 6.07) is -5.15. The second kappa shape index (κ2) is 32.0. The maximum atomic E-state index is 14.0. The zero-order valence-electron chi connectivity index (χ0n) is 39.4. The van der Waals surface area contributed by atoms with Crippen LogP contribution in [0, 0.1) is 5.92 Å². The number of nitrogens with two attached hydrogens (primary N) is 5. The van der Waals surface area contributed by atoms with E-state index in [1.54, 1.807) is 48.5 Å². The van der Waals surface area contributed by atoms with E-state index in [1.807, 2.05) is 6.92 Å². The summed E-state index contributed by atoms with van der Waals surface area (Å²) >= 11 is 0. The first kappa shape index (κ1) is 62.5. The molecule has 1 rings (SSSR count). The quantitative estimate of drug-likeness (QED) is 0.0312. The summed E-state index contributed by atoms with van der Waals surface area (Å²) in [5.41, 5.74) is 26.3. The Hall–Kier alpha value is -5.78. The molecule has 1 heterocycles. The summed E-state index contributed by atoms with van der Waals surface area (Å²) in [6.07, 6.45) is 2.68. The summed E-state index contributed by atoms with van der Waals surface area (Å²) in [6.45, 7) is 18.0. The Morgan fingerprint density at radius 3 is 1.59 bits per heavy atom. The monoisotopic (exact) mass is 920 g/mol. The van der Waals surface area contributed by atoms with Crippen molar-refractivity contribution < 1.29 is 63.1 Å². The lowest BCUT2D eigenvalue weighted by Gasteiger charge is -2.32. The molecule has 0 aromatic heterocycles. The first-order chi connectivity index (χ1) is 29.3. The van der Waals surface area contributed by atoms with Crippen molar-refractivity contribution in [1.29, 1.82) is 0 Å². The molecular formula is C40H77N11O13. The Labute approximate surface area is 376 Å². The van der Waals surface area contributed by atoms with Crippen LogP contribution in [0.15, 0.2) is 9.98 Å². The van der Waals surface area contributed by atoms with Crippen LogP contribution in [-0.4, -0.2) is 147 Å². The smallest absolute Gasteiger partial charge is 0.329 e. The minimum Gasteiger partial charge on any atom is -0.481 e. The zero-order chi connectivity index (χ0) is 50.5. The molecule has 0 aromatic carbocycles. The van der Waals surface area contributed by atoms with E-state index in [0.717, 1.165) is 20.8 Å². The van der Waals surface area contributed by atoms with Gasteiger partial charge in [0, 0.05) is 40.4 Å². The van der Waals surface area contributed by atoms with Gasteiger partial charge in [-0.2, -0.15) is 0 Å². The van der Waals surface area contributed by atoms with E-state index in [2.05, 4.69) is 25.9 Å². The summed E-state index contributed by atoms with van der Waals surface area (Å²) < 4.78 is 11.5. The molecule has 16 N–H and O–H groups in total. The highest BCUT2D eigenvalue weighted by Crippen LogP contribution is 2.23. The number of guanidine groups is 2. The van der Waals surface area contributed by atoms with E-state index in [-0.39, 0.29) is 43.8 Å². The molecule has 0 bridgehead atoms. The molecular weight excluding hydrogens is 843 g/mol. The van der Waals surface area contributed by atoms with Gasteiger partial charge in [0.05, 0.1) is 18.2 Å². The number of amides is 4. The molecule has 0 aromatic rings. The van der Waals surface area contributed by atoms with Crippen LogP contribution in [0.4, 0.5) is 0 Å². The van der Waals surface area contributed by atoms with Crippen LogP contribution in [0.2, 0.25) is 0 Å². The third-order valence-electron chi connectivity index (χ3n) is 8.19. The highest BCUT2D eigenvalue weighted by Gasteiger charge is 2.40. The van der Waals surface area contributed by atoms with E-state index in [9.17, 15) is 24.0 Å². The lowest BCUT2D eigenvalue weighted by Crippen LogP contribution is -2.60. The fraction of sp³-hybridized carbons (Fsp3) is 0.750. The Balaban J connectivity index is -0.00000273. The average Bonchev–Trinajstić information content (AvgIpc) is 3.63.